The number of rotatable bonds is 4. The Morgan fingerprint density at radius 3 is 2.42 bits per heavy atom. The lowest BCUT2D eigenvalue weighted by Gasteiger charge is -2.17. The molecule has 0 fully saturated rings. The number of alkyl halides is 3. The summed E-state index contributed by atoms with van der Waals surface area (Å²) in [5.41, 5.74) is -1.13. The Bertz CT molecular complexity index is 453. The Morgan fingerprint density at radius 1 is 1.32 bits per heavy atom. The third kappa shape index (κ3) is 4.15. The predicted octanol–water partition coefficient (Wildman–Crippen LogP) is 3.67. The first-order valence-electron chi connectivity index (χ1n) is 5.80. The minimum Gasteiger partial charge on any atom is -0.490 e. The zero-order valence-electron chi connectivity index (χ0n) is 10.9. The van der Waals surface area contributed by atoms with Crippen LogP contribution in [0, 0.1) is 0 Å². The summed E-state index contributed by atoms with van der Waals surface area (Å²) in [6.45, 7) is 4.93. The van der Waals surface area contributed by atoms with E-state index in [4.69, 9.17) is 4.74 Å². The molecule has 0 aliphatic rings. The van der Waals surface area contributed by atoms with Crippen LogP contribution in [0.4, 0.5) is 13.2 Å². The summed E-state index contributed by atoms with van der Waals surface area (Å²) in [6, 6.07) is 3.13. The summed E-state index contributed by atoms with van der Waals surface area (Å²) >= 11 is 0. The predicted molar refractivity (Wildman–Crippen MR) is 63.2 cm³/mol. The summed E-state index contributed by atoms with van der Waals surface area (Å²) < 4.78 is 48.5. The highest BCUT2D eigenvalue weighted by atomic mass is 19.4. The Morgan fingerprint density at radius 2 is 1.95 bits per heavy atom. The van der Waals surface area contributed by atoms with Gasteiger partial charge in [0.25, 0.3) is 0 Å². The van der Waals surface area contributed by atoms with Gasteiger partial charge in [0.15, 0.2) is 0 Å². The van der Waals surface area contributed by atoms with E-state index in [0.717, 1.165) is 12.1 Å². The van der Waals surface area contributed by atoms with Crippen molar-refractivity contribution in [1.29, 1.82) is 0 Å². The molecule has 0 bridgehead atoms. The summed E-state index contributed by atoms with van der Waals surface area (Å²) in [4.78, 5) is 11.4. The third-order valence-corrected chi connectivity index (χ3v) is 2.16. The molecule has 0 heterocycles. The highest BCUT2D eigenvalue weighted by molar-refractivity contribution is 5.89. The van der Waals surface area contributed by atoms with E-state index in [1.165, 1.54) is 6.07 Å². The summed E-state index contributed by atoms with van der Waals surface area (Å²) in [6.07, 6.45) is -4.98. The Hall–Kier alpha value is -1.72. The highest BCUT2D eigenvalue weighted by Crippen LogP contribution is 2.37. The van der Waals surface area contributed by atoms with Crippen LogP contribution in [-0.2, 0) is 10.9 Å². The lowest BCUT2D eigenvalue weighted by molar-refractivity contribution is -0.139. The van der Waals surface area contributed by atoms with Gasteiger partial charge < -0.3 is 9.47 Å². The van der Waals surface area contributed by atoms with Crippen LogP contribution in [0.25, 0.3) is 0 Å². The van der Waals surface area contributed by atoms with Gasteiger partial charge in [0.1, 0.15) is 5.75 Å². The number of hydrogen-bond donors (Lipinski definition) is 0. The van der Waals surface area contributed by atoms with Crippen molar-refractivity contribution in [3.8, 4) is 5.75 Å². The standard InChI is InChI=1S/C13H15F3O3/c1-4-18-12(17)9-5-6-11(19-8(2)3)10(7-9)13(14,15)16/h5-8H,4H2,1-3H3. The lowest BCUT2D eigenvalue weighted by atomic mass is 10.1. The molecule has 0 spiro atoms. The van der Waals surface area contributed by atoms with E-state index in [1.807, 2.05) is 0 Å². The van der Waals surface area contributed by atoms with Crippen molar-refractivity contribution in [3.63, 3.8) is 0 Å². The molecule has 0 N–H and O–H groups in total. The van der Waals surface area contributed by atoms with E-state index in [9.17, 15) is 18.0 Å². The molecular formula is C13H15F3O3. The number of ether oxygens (including phenoxy) is 2. The van der Waals surface area contributed by atoms with Crippen molar-refractivity contribution in [2.45, 2.75) is 33.1 Å². The molecule has 19 heavy (non-hydrogen) atoms. The lowest BCUT2D eigenvalue weighted by Crippen LogP contribution is -2.14. The van der Waals surface area contributed by atoms with Crippen molar-refractivity contribution in [1.82, 2.24) is 0 Å². The van der Waals surface area contributed by atoms with Gasteiger partial charge in [0.2, 0.25) is 0 Å². The molecule has 0 saturated carbocycles. The van der Waals surface area contributed by atoms with E-state index < -0.39 is 23.8 Å². The zero-order chi connectivity index (χ0) is 14.6. The second-order valence-electron chi connectivity index (χ2n) is 4.10. The van der Waals surface area contributed by atoms with E-state index >= 15 is 0 Å². The van der Waals surface area contributed by atoms with Gasteiger partial charge >= 0.3 is 12.1 Å². The van der Waals surface area contributed by atoms with Crippen LogP contribution >= 0.6 is 0 Å². The molecular weight excluding hydrogens is 261 g/mol. The molecule has 0 amide bonds. The van der Waals surface area contributed by atoms with Crippen LogP contribution in [0.15, 0.2) is 18.2 Å². The van der Waals surface area contributed by atoms with Crippen LogP contribution in [-0.4, -0.2) is 18.7 Å². The van der Waals surface area contributed by atoms with Crippen molar-refractivity contribution < 1.29 is 27.4 Å². The molecule has 1 rings (SSSR count). The fourth-order valence-corrected chi connectivity index (χ4v) is 1.45. The minimum atomic E-state index is -4.59. The molecule has 1 aromatic rings. The van der Waals surface area contributed by atoms with Crippen molar-refractivity contribution in [2.75, 3.05) is 6.61 Å². The SMILES string of the molecule is CCOC(=O)c1ccc(OC(C)C)c(C(F)(F)F)c1. The Balaban J connectivity index is 3.19. The molecule has 0 radical (unpaired) electrons. The maximum Gasteiger partial charge on any atom is 0.419 e. The third-order valence-electron chi connectivity index (χ3n) is 2.16. The maximum absolute atomic E-state index is 12.9. The summed E-state index contributed by atoms with van der Waals surface area (Å²) in [5, 5.41) is 0. The minimum absolute atomic E-state index is 0.102. The van der Waals surface area contributed by atoms with Crippen molar-refractivity contribution in [2.24, 2.45) is 0 Å². The van der Waals surface area contributed by atoms with E-state index in [1.54, 1.807) is 20.8 Å². The Kier molecular flexibility index (Phi) is 4.80. The molecule has 0 atom stereocenters. The number of halogens is 3. The largest absolute Gasteiger partial charge is 0.490 e. The average Bonchev–Trinajstić information content (AvgIpc) is 2.27. The fourth-order valence-electron chi connectivity index (χ4n) is 1.45. The van der Waals surface area contributed by atoms with Gasteiger partial charge in [0, 0.05) is 0 Å². The Labute approximate surface area is 109 Å². The van der Waals surface area contributed by atoms with Crippen LogP contribution in [0.1, 0.15) is 36.7 Å². The van der Waals surface area contributed by atoms with E-state index in [2.05, 4.69) is 4.74 Å². The quantitative estimate of drug-likeness (QED) is 0.787. The van der Waals surface area contributed by atoms with Gasteiger partial charge in [-0.1, -0.05) is 0 Å². The van der Waals surface area contributed by atoms with Crippen LogP contribution in [0.2, 0.25) is 0 Å². The molecule has 3 nitrogen and oxygen atoms in total. The average molecular weight is 276 g/mol. The second kappa shape index (κ2) is 5.95. The van der Waals surface area contributed by atoms with Crippen LogP contribution < -0.4 is 4.74 Å². The fraction of sp³-hybridized carbons (Fsp3) is 0.462. The number of benzene rings is 1. The maximum atomic E-state index is 12.9. The smallest absolute Gasteiger partial charge is 0.419 e. The van der Waals surface area contributed by atoms with Gasteiger partial charge in [-0.25, -0.2) is 4.79 Å². The number of carbonyl (C=O) groups is 1. The van der Waals surface area contributed by atoms with Gasteiger partial charge in [-0.3, -0.25) is 0 Å². The summed E-state index contributed by atoms with van der Waals surface area (Å²) in [7, 11) is 0. The topological polar surface area (TPSA) is 35.5 Å². The first-order valence-corrected chi connectivity index (χ1v) is 5.80. The van der Waals surface area contributed by atoms with Gasteiger partial charge in [-0.05, 0) is 39.0 Å². The molecule has 0 unspecified atom stereocenters. The van der Waals surface area contributed by atoms with Gasteiger partial charge in [-0.15, -0.1) is 0 Å². The van der Waals surface area contributed by atoms with Gasteiger partial charge in [-0.2, -0.15) is 13.2 Å². The molecule has 1 aromatic carbocycles. The molecule has 0 aliphatic carbocycles. The van der Waals surface area contributed by atoms with Crippen LogP contribution in [0.5, 0.6) is 5.75 Å². The highest BCUT2D eigenvalue weighted by Gasteiger charge is 2.35. The second-order valence-corrected chi connectivity index (χ2v) is 4.10. The number of esters is 1. The molecule has 0 aromatic heterocycles. The number of carbonyl (C=O) groups excluding carboxylic acids is 1. The number of hydrogen-bond acceptors (Lipinski definition) is 3. The monoisotopic (exact) mass is 276 g/mol. The molecule has 0 saturated heterocycles. The molecule has 0 aliphatic heterocycles. The molecule has 106 valence electrons. The zero-order valence-corrected chi connectivity index (χ0v) is 10.9. The van der Waals surface area contributed by atoms with Crippen molar-refractivity contribution in [3.05, 3.63) is 29.3 Å². The normalized spacial score (nSPS) is 11.5. The van der Waals surface area contributed by atoms with Crippen molar-refractivity contribution >= 4 is 5.97 Å². The van der Waals surface area contributed by atoms with Crippen LogP contribution in [0.3, 0.4) is 0 Å². The first kappa shape index (κ1) is 15.3. The van der Waals surface area contributed by atoms with Gasteiger partial charge in [0.05, 0.1) is 23.8 Å². The van der Waals surface area contributed by atoms with E-state index in [-0.39, 0.29) is 17.9 Å². The summed E-state index contributed by atoms with van der Waals surface area (Å²) in [5.74, 6) is -1.08. The first-order chi connectivity index (χ1) is 8.75. The molecule has 6 heteroatoms. The van der Waals surface area contributed by atoms with E-state index in [0.29, 0.717) is 0 Å².